The van der Waals surface area contributed by atoms with Crippen LogP contribution in [0.4, 0.5) is 19.1 Å². The lowest BCUT2D eigenvalue weighted by atomic mass is 9.88. The molecular weight excluding hydrogens is 549 g/mol. The largest absolute Gasteiger partial charge is 0.480 e. The Hall–Kier alpha value is -4.68. The smallest absolute Gasteiger partial charge is 0.433 e. The van der Waals surface area contributed by atoms with Gasteiger partial charge in [0.2, 0.25) is 17.7 Å². The number of carbonyl (C=O) groups is 1. The van der Waals surface area contributed by atoms with E-state index in [0.29, 0.717) is 59.9 Å². The number of carbonyl (C=O) groups excluding carboxylic acids is 1. The van der Waals surface area contributed by atoms with E-state index in [1.54, 1.807) is 17.0 Å². The second-order valence-electron chi connectivity index (χ2n) is 10.4. The average Bonchev–Trinajstić information content (AvgIpc) is 3.80. The van der Waals surface area contributed by atoms with Crippen molar-refractivity contribution < 1.29 is 22.7 Å². The number of hydrogen-bond acceptors (Lipinski definition) is 9. The van der Waals surface area contributed by atoms with Gasteiger partial charge in [-0.05, 0) is 30.0 Å². The van der Waals surface area contributed by atoms with Gasteiger partial charge in [-0.25, -0.2) is 24.9 Å². The molecule has 1 aromatic carbocycles. The molecule has 0 radical (unpaired) electrons. The fourth-order valence-corrected chi connectivity index (χ4v) is 5.00. The normalized spacial score (nSPS) is 15.3. The lowest BCUT2D eigenvalue weighted by Gasteiger charge is -2.39. The summed E-state index contributed by atoms with van der Waals surface area (Å²) in [4.78, 5) is 39.1. The van der Waals surface area contributed by atoms with Crippen LogP contribution in [0.3, 0.4) is 0 Å². The molecule has 1 saturated carbocycles. The van der Waals surface area contributed by atoms with Crippen LogP contribution in [0, 0.1) is 0 Å². The van der Waals surface area contributed by atoms with E-state index in [2.05, 4.69) is 35.2 Å². The van der Waals surface area contributed by atoms with E-state index in [-0.39, 0.29) is 17.5 Å². The number of anilines is 1. The van der Waals surface area contributed by atoms with Gasteiger partial charge in [-0.1, -0.05) is 30.3 Å². The van der Waals surface area contributed by atoms with Gasteiger partial charge in [-0.3, -0.25) is 4.79 Å². The van der Waals surface area contributed by atoms with Crippen LogP contribution in [0.25, 0.3) is 22.6 Å². The summed E-state index contributed by atoms with van der Waals surface area (Å²) >= 11 is 0. The van der Waals surface area contributed by atoms with Gasteiger partial charge in [0, 0.05) is 44.0 Å². The Balaban J connectivity index is 1.21. The Morgan fingerprint density at radius 3 is 2.38 bits per heavy atom. The van der Waals surface area contributed by atoms with E-state index in [0.717, 1.165) is 30.2 Å². The Bertz CT molecular complexity index is 1620. The molecule has 42 heavy (non-hydrogen) atoms. The fourth-order valence-electron chi connectivity index (χ4n) is 5.00. The number of hydrogen-bond donors (Lipinski definition) is 1. The summed E-state index contributed by atoms with van der Waals surface area (Å²) < 4.78 is 45.9. The summed E-state index contributed by atoms with van der Waals surface area (Å²) in [5.74, 6) is 1.34. The molecule has 6 rings (SSSR count). The number of ether oxygens (including phenoxy) is 1. The van der Waals surface area contributed by atoms with E-state index >= 15 is 0 Å². The van der Waals surface area contributed by atoms with Crippen LogP contribution in [-0.2, 0) is 17.5 Å². The molecule has 3 aromatic heterocycles. The molecule has 1 aliphatic heterocycles. The van der Waals surface area contributed by atoms with Crippen molar-refractivity contribution in [2.75, 3.05) is 25.5 Å². The van der Waals surface area contributed by atoms with Crippen molar-refractivity contribution in [1.82, 2.24) is 34.8 Å². The summed E-state index contributed by atoms with van der Waals surface area (Å²) in [5.41, 5.74) is 2.94. The number of methoxy groups -OCH3 is 1. The average molecular weight is 577 g/mol. The van der Waals surface area contributed by atoms with Gasteiger partial charge in [0.15, 0.2) is 5.82 Å². The number of benzene rings is 1. The fraction of sp³-hybridized carbons (Fsp3) is 0.345. The van der Waals surface area contributed by atoms with Crippen molar-refractivity contribution in [3.8, 4) is 28.5 Å². The van der Waals surface area contributed by atoms with Crippen molar-refractivity contribution in [2.24, 2.45) is 0 Å². The number of halogens is 3. The zero-order valence-corrected chi connectivity index (χ0v) is 22.9. The molecule has 2 aliphatic rings. The molecule has 1 amide bonds. The highest BCUT2D eigenvalue weighted by Gasteiger charge is 2.36. The minimum atomic E-state index is -4.57. The van der Waals surface area contributed by atoms with Crippen molar-refractivity contribution in [1.29, 1.82) is 0 Å². The maximum absolute atomic E-state index is 13.5. The Morgan fingerprint density at radius 1 is 0.976 bits per heavy atom. The minimum Gasteiger partial charge on any atom is -0.480 e. The Labute approximate surface area is 239 Å². The van der Waals surface area contributed by atoms with E-state index in [9.17, 15) is 18.0 Å². The predicted molar refractivity (Wildman–Crippen MR) is 146 cm³/mol. The predicted octanol–water partition coefficient (Wildman–Crippen LogP) is 4.85. The molecule has 1 saturated heterocycles. The maximum atomic E-state index is 13.5. The molecule has 1 aliphatic carbocycles. The number of nitrogens with one attached hydrogen (secondary N) is 1. The highest BCUT2D eigenvalue weighted by molar-refractivity contribution is 5.75. The summed E-state index contributed by atoms with van der Waals surface area (Å²) in [6, 6.07) is 9.61. The molecule has 0 unspecified atom stereocenters. The zero-order chi connectivity index (χ0) is 29.4. The molecule has 10 nitrogen and oxygen atoms in total. The summed E-state index contributed by atoms with van der Waals surface area (Å²) in [6.07, 6.45) is 0.389. The van der Waals surface area contributed by atoms with Crippen LogP contribution >= 0.6 is 0 Å². The minimum absolute atomic E-state index is 0.0607. The summed E-state index contributed by atoms with van der Waals surface area (Å²) in [5, 5.41) is 3.18. The molecule has 0 spiro atoms. The van der Waals surface area contributed by atoms with Gasteiger partial charge in [0.25, 0.3) is 0 Å². The first-order chi connectivity index (χ1) is 20.2. The van der Waals surface area contributed by atoms with E-state index in [1.165, 1.54) is 32.8 Å². The first-order valence-electron chi connectivity index (χ1n) is 13.5. The third kappa shape index (κ3) is 5.58. The third-order valence-corrected chi connectivity index (χ3v) is 7.46. The van der Waals surface area contributed by atoms with Crippen molar-refractivity contribution in [3.63, 3.8) is 0 Å². The lowest BCUT2D eigenvalue weighted by Crippen LogP contribution is -2.47. The number of likely N-dealkylation sites (tertiary alicyclic amines) is 1. The molecule has 13 heteroatoms. The molecular formula is C29H27F3N8O2. The van der Waals surface area contributed by atoms with Crippen molar-refractivity contribution >= 4 is 11.9 Å². The van der Waals surface area contributed by atoms with E-state index in [4.69, 9.17) is 4.74 Å². The monoisotopic (exact) mass is 576 g/mol. The third-order valence-electron chi connectivity index (χ3n) is 7.46. The van der Waals surface area contributed by atoms with Gasteiger partial charge in [-0.2, -0.15) is 18.2 Å². The van der Waals surface area contributed by atoms with Gasteiger partial charge in [0.05, 0.1) is 18.5 Å². The van der Waals surface area contributed by atoms with Gasteiger partial charge in [0.1, 0.15) is 23.9 Å². The maximum Gasteiger partial charge on any atom is 0.433 e. The van der Waals surface area contributed by atoms with Crippen LogP contribution in [0.15, 0.2) is 49.1 Å². The highest BCUT2D eigenvalue weighted by atomic mass is 19.4. The number of rotatable bonds is 8. The molecule has 216 valence electrons. The zero-order valence-electron chi connectivity index (χ0n) is 22.9. The molecule has 4 heterocycles. The second kappa shape index (κ2) is 11.0. The molecule has 4 aromatic rings. The quantitative estimate of drug-likeness (QED) is 0.314. The Morgan fingerprint density at radius 2 is 1.71 bits per heavy atom. The van der Waals surface area contributed by atoms with Crippen LogP contribution in [0.2, 0.25) is 0 Å². The van der Waals surface area contributed by atoms with Crippen LogP contribution in [0.1, 0.15) is 54.1 Å². The molecule has 1 N–H and O–H groups in total. The standard InChI is InChI=1S/C29H27F3N8O2/c1-16(41)40-12-20(13-40)21-9-10-22(29(30,31)32)38-24(21)18-5-3-17(4-6-18)11-33-28-37-15-35-26(39-28)23-25(19-7-8-19)34-14-36-27(23)42-2/h3-6,9-10,14-15,19-20H,7-8,11-13H2,1-2H3,(H,33,35,37,39). The van der Waals surface area contributed by atoms with E-state index in [1.807, 2.05) is 12.1 Å². The van der Waals surface area contributed by atoms with Crippen LogP contribution in [-0.4, -0.2) is 60.9 Å². The topological polar surface area (TPSA) is 119 Å². The van der Waals surface area contributed by atoms with Gasteiger partial charge >= 0.3 is 6.18 Å². The molecule has 0 atom stereocenters. The van der Waals surface area contributed by atoms with Crippen molar-refractivity contribution in [3.05, 3.63) is 71.6 Å². The van der Waals surface area contributed by atoms with Crippen LogP contribution in [0.5, 0.6) is 5.88 Å². The van der Waals surface area contributed by atoms with E-state index < -0.39 is 11.9 Å². The number of alkyl halides is 3. The second-order valence-corrected chi connectivity index (χ2v) is 10.4. The summed E-state index contributed by atoms with van der Waals surface area (Å²) in [7, 11) is 1.54. The number of pyridine rings is 1. The Kier molecular flexibility index (Phi) is 7.17. The number of nitrogens with zero attached hydrogens (tertiary/aromatic N) is 7. The first kappa shape index (κ1) is 27.5. The number of amides is 1. The highest BCUT2D eigenvalue weighted by Crippen LogP contribution is 2.44. The SMILES string of the molecule is COc1ncnc(C2CC2)c1-c1ncnc(NCc2ccc(-c3nc(C(F)(F)F)ccc3C3CN(C(C)=O)C3)cc2)n1. The molecule has 0 bridgehead atoms. The number of aromatic nitrogens is 6. The molecule has 2 fully saturated rings. The summed E-state index contributed by atoms with van der Waals surface area (Å²) in [6.45, 7) is 2.74. The van der Waals surface area contributed by atoms with Crippen LogP contribution < -0.4 is 10.1 Å². The first-order valence-corrected chi connectivity index (χ1v) is 13.5. The lowest BCUT2D eigenvalue weighted by molar-refractivity contribution is -0.141. The van der Waals surface area contributed by atoms with Crippen molar-refractivity contribution in [2.45, 2.75) is 44.3 Å². The van der Waals surface area contributed by atoms with Gasteiger partial charge < -0.3 is 15.0 Å². The van der Waals surface area contributed by atoms with Gasteiger partial charge in [-0.15, -0.1) is 0 Å².